The predicted molar refractivity (Wildman–Crippen MR) is 144 cm³/mol. The number of hydrogen-bond donors (Lipinski definition) is 1. The van der Waals surface area contributed by atoms with E-state index in [2.05, 4.69) is 9.97 Å². The molecule has 1 atom stereocenters. The highest BCUT2D eigenvalue weighted by molar-refractivity contribution is 7.95. The van der Waals surface area contributed by atoms with E-state index in [0.717, 1.165) is 15.9 Å². The highest BCUT2D eigenvalue weighted by Crippen LogP contribution is 2.41. The Morgan fingerprint density at radius 1 is 1.08 bits per heavy atom. The normalized spacial score (nSPS) is 15.9. The zero-order valence-electron chi connectivity index (χ0n) is 20.1. The van der Waals surface area contributed by atoms with Gasteiger partial charge in [0.15, 0.2) is 0 Å². The molecule has 11 heteroatoms. The Morgan fingerprint density at radius 3 is 2.42 bits per heavy atom. The molecule has 0 radical (unpaired) electrons. The van der Waals surface area contributed by atoms with Crippen molar-refractivity contribution in [3.63, 3.8) is 0 Å². The number of aromatic nitrogens is 3. The molecule has 3 aromatic heterocycles. The summed E-state index contributed by atoms with van der Waals surface area (Å²) in [6.07, 6.45) is 7.82. The second-order valence-electron chi connectivity index (χ2n) is 8.26. The Kier molecular flexibility index (Phi) is 6.79. The van der Waals surface area contributed by atoms with Gasteiger partial charge in [0.25, 0.3) is 5.56 Å². The summed E-state index contributed by atoms with van der Waals surface area (Å²) < 4.78 is 35.1. The van der Waals surface area contributed by atoms with E-state index < -0.39 is 27.3 Å². The van der Waals surface area contributed by atoms with Crippen LogP contribution in [0.25, 0.3) is 17.5 Å². The number of carbonyl (C=O) groups is 1. The number of carbonyl (C=O) groups excluding carboxylic acids is 1. The van der Waals surface area contributed by atoms with Crippen LogP contribution >= 0.6 is 11.3 Å². The lowest BCUT2D eigenvalue weighted by Gasteiger charge is -2.27. The number of rotatable bonds is 6. The van der Waals surface area contributed by atoms with Crippen molar-refractivity contribution in [2.75, 3.05) is 6.61 Å². The maximum Gasteiger partial charge on any atom is 0.338 e. The number of ether oxygens (including phenoxy) is 1. The van der Waals surface area contributed by atoms with Crippen molar-refractivity contribution in [1.82, 2.24) is 14.5 Å². The number of benzene rings is 1. The first-order valence-corrected chi connectivity index (χ1v) is 13.9. The van der Waals surface area contributed by atoms with Crippen LogP contribution in [0.5, 0.6) is 0 Å². The molecule has 4 aromatic rings. The van der Waals surface area contributed by atoms with Gasteiger partial charge in [-0.2, -0.15) is 0 Å². The molecular weight excluding hydrogens is 524 g/mol. The third kappa shape index (κ3) is 4.35. The van der Waals surface area contributed by atoms with Crippen LogP contribution in [0.3, 0.4) is 0 Å². The van der Waals surface area contributed by atoms with Gasteiger partial charge in [0.1, 0.15) is 15.4 Å². The van der Waals surface area contributed by atoms with Crippen molar-refractivity contribution < 1.29 is 17.9 Å². The fourth-order valence-electron chi connectivity index (χ4n) is 4.30. The second-order valence-corrected chi connectivity index (χ2v) is 11.2. The molecule has 1 aliphatic rings. The number of pyridine rings is 2. The van der Waals surface area contributed by atoms with Gasteiger partial charge in [-0.15, -0.1) is 11.3 Å². The average Bonchev–Trinajstić information content (AvgIpc) is 3.25. The summed E-state index contributed by atoms with van der Waals surface area (Å²) in [6, 6.07) is 14.5. The average molecular weight is 547 g/mol. The molecule has 1 aromatic carbocycles. The third-order valence-corrected chi connectivity index (χ3v) is 8.96. The molecule has 2 N–H and O–H groups in total. The second kappa shape index (κ2) is 10.2. The zero-order valence-corrected chi connectivity index (χ0v) is 21.8. The first kappa shape index (κ1) is 25.3. The van der Waals surface area contributed by atoms with Gasteiger partial charge in [-0.3, -0.25) is 19.3 Å². The molecule has 9 nitrogen and oxygen atoms in total. The summed E-state index contributed by atoms with van der Waals surface area (Å²) in [5.74, 6) is -2.19. The van der Waals surface area contributed by atoms with Crippen LogP contribution in [-0.4, -0.2) is 35.5 Å². The van der Waals surface area contributed by atoms with Crippen LogP contribution < -0.4 is 20.5 Å². The lowest BCUT2D eigenvalue weighted by molar-refractivity contribution is -0.136. The molecule has 5 rings (SSSR count). The lowest BCUT2D eigenvalue weighted by atomic mass is 9.90. The van der Waals surface area contributed by atoms with E-state index in [4.69, 9.17) is 10.5 Å². The van der Waals surface area contributed by atoms with Crippen molar-refractivity contribution in [1.29, 1.82) is 0 Å². The molecule has 192 valence electrons. The highest BCUT2D eigenvalue weighted by atomic mass is 32.2. The first-order chi connectivity index (χ1) is 18.3. The molecule has 0 fully saturated rings. The summed E-state index contributed by atoms with van der Waals surface area (Å²) in [4.78, 5) is 35.0. The van der Waals surface area contributed by atoms with Crippen molar-refractivity contribution in [2.24, 2.45) is 5.73 Å². The van der Waals surface area contributed by atoms with E-state index in [1.807, 2.05) is 0 Å². The quantitative estimate of drug-likeness (QED) is 0.361. The maximum atomic E-state index is 14.1. The standard InChI is InChI=1S/C27H22N4O5S2/c1-2-36-27(33)22-21(18-9-7-13-30-16-18)23(38(34,35)19-10-4-3-5-11-19)24(28)31-25(32)20(37-26(22)31)14-17-8-6-12-29-15-17/h3-16,21H,2,28H2,1H3. The molecule has 38 heavy (non-hydrogen) atoms. The Labute approximate surface area is 221 Å². The summed E-state index contributed by atoms with van der Waals surface area (Å²) in [7, 11) is -4.28. The van der Waals surface area contributed by atoms with Gasteiger partial charge in [0.05, 0.1) is 27.5 Å². The fraction of sp³-hybridized carbons (Fsp3) is 0.111. The van der Waals surface area contributed by atoms with Crippen LogP contribution in [0, 0.1) is 0 Å². The van der Waals surface area contributed by atoms with Gasteiger partial charge in [-0.05, 0) is 48.4 Å². The Hall–Kier alpha value is -4.35. The topological polar surface area (TPSA) is 134 Å². The number of allylic oxidation sites excluding steroid dienone is 1. The van der Waals surface area contributed by atoms with Gasteiger partial charge in [-0.25, -0.2) is 13.2 Å². The lowest BCUT2D eigenvalue weighted by Crippen LogP contribution is -2.41. The molecule has 0 aliphatic carbocycles. The predicted octanol–water partition coefficient (Wildman–Crippen LogP) is 1.60. The van der Waals surface area contributed by atoms with Crippen LogP contribution in [0.4, 0.5) is 0 Å². The van der Waals surface area contributed by atoms with Gasteiger partial charge >= 0.3 is 5.97 Å². The first-order valence-electron chi connectivity index (χ1n) is 11.6. The number of sulfone groups is 1. The molecule has 4 heterocycles. The minimum absolute atomic E-state index is 0.00325. The molecule has 0 saturated carbocycles. The molecule has 1 aliphatic heterocycles. The fourth-order valence-corrected chi connectivity index (χ4v) is 7.17. The summed E-state index contributed by atoms with van der Waals surface area (Å²) in [5, 5.41) is 0. The number of fused-ring (bicyclic) bond motifs is 1. The van der Waals surface area contributed by atoms with Crippen molar-refractivity contribution in [2.45, 2.75) is 17.7 Å². The van der Waals surface area contributed by atoms with Crippen LogP contribution in [-0.2, 0) is 19.4 Å². The summed E-state index contributed by atoms with van der Waals surface area (Å²) >= 11 is 1.03. The van der Waals surface area contributed by atoms with E-state index in [1.54, 1.807) is 67.9 Å². The van der Waals surface area contributed by atoms with Crippen LogP contribution in [0.15, 0.2) is 94.0 Å². The van der Waals surface area contributed by atoms with E-state index in [1.165, 1.54) is 24.5 Å². The minimum Gasteiger partial charge on any atom is -0.463 e. The molecule has 0 saturated heterocycles. The van der Waals surface area contributed by atoms with Crippen LogP contribution in [0.1, 0.15) is 24.0 Å². The Bertz CT molecular complexity index is 1830. The number of hydrogen-bond acceptors (Lipinski definition) is 9. The Morgan fingerprint density at radius 2 is 1.79 bits per heavy atom. The van der Waals surface area contributed by atoms with Gasteiger partial charge < -0.3 is 10.5 Å². The smallest absolute Gasteiger partial charge is 0.338 e. The highest BCUT2D eigenvalue weighted by Gasteiger charge is 2.42. The molecular formula is C27H22N4O5S2. The maximum absolute atomic E-state index is 14.1. The zero-order chi connectivity index (χ0) is 26.9. The number of thiazole rings is 1. The van der Waals surface area contributed by atoms with Crippen molar-refractivity contribution >= 4 is 44.6 Å². The minimum atomic E-state index is -4.28. The van der Waals surface area contributed by atoms with Gasteiger partial charge in [-0.1, -0.05) is 30.3 Å². The molecule has 0 amide bonds. The number of nitrogens with two attached hydrogens (primary N) is 1. The monoisotopic (exact) mass is 546 g/mol. The number of esters is 1. The van der Waals surface area contributed by atoms with Crippen molar-refractivity contribution in [3.05, 3.63) is 115 Å². The van der Waals surface area contributed by atoms with Crippen molar-refractivity contribution in [3.8, 4) is 0 Å². The van der Waals surface area contributed by atoms with Crippen LogP contribution in [0.2, 0.25) is 0 Å². The molecule has 0 bridgehead atoms. The summed E-state index contributed by atoms with van der Waals surface area (Å²) in [6.45, 7) is 1.70. The van der Waals surface area contributed by atoms with E-state index >= 15 is 0 Å². The van der Waals surface area contributed by atoms with E-state index in [-0.39, 0.29) is 37.0 Å². The molecule has 1 unspecified atom stereocenters. The largest absolute Gasteiger partial charge is 0.463 e. The number of nitrogens with zero attached hydrogens (tertiary/aromatic N) is 3. The van der Waals surface area contributed by atoms with Gasteiger partial charge in [0, 0.05) is 24.8 Å². The SMILES string of the molecule is CCOC(=O)C1=c2sc(=Cc3cccnc3)c(=O)n2C(N)=C(S(=O)(=O)c2ccccc2)C1c1cccnc1. The van der Waals surface area contributed by atoms with E-state index in [0.29, 0.717) is 11.1 Å². The van der Waals surface area contributed by atoms with Gasteiger partial charge in [0.2, 0.25) is 9.84 Å². The summed E-state index contributed by atoms with van der Waals surface area (Å²) in [5.41, 5.74) is 7.06. The third-order valence-electron chi connectivity index (χ3n) is 5.94. The van der Waals surface area contributed by atoms with E-state index in [9.17, 15) is 18.0 Å². The Balaban J connectivity index is 1.93. The molecule has 0 spiro atoms.